The first-order valence-corrected chi connectivity index (χ1v) is 11.0. The predicted molar refractivity (Wildman–Crippen MR) is 116 cm³/mol. The molecule has 3 atom stereocenters. The molecule has 2 aliphatic carbocycles. The van der Waals surface area contributed by atoms with E-state index in [1.165, 1.54) is 46.1 Å². The topological polar surface area (TPSA) is 57.5 Å². The summed E-state index contributed by atoms with van der Waals surface area (Å²) in [6.45, 7) is 2.69. The Labute approximate surface area is 172 Å². The van der Waals surface area contributed by atoms with Crippen LogP contribution in [0.4, 0.5) is 0 Å². The molecule has 5 nitrogen and oxygen atoms in total. The number of aryl methyl sites for hydroxylation is 1. The summed E-state index contributed by atoms with van der Waals surface area (Å²) in [6.07, 6.45) is 6.58. The molecule has 1 fully saturated rings. The zero-order valence-corrected chi connectivity index (χ0v) is 17.6. The predicted octanol–water partition coefficient (Wildman–Crippen LogP) is 2.81. The van der Waals surface area contributed by atoms with E-state index in [0.29, 0.717) is 6.04 Å². The highest BCUT2D eigenvalue weighted by atomic mass is 16.3. The third-order valence-electron chi connectivity index (χ3n) is 7.20. The lowest BCUT2D eigenvalue weighted by molar-refractivity contribution is -0.125. The molecule has 0 spiro atoms. The zero-order valence-electron chi connectivity index (χ0n) is 17.6. The van der Waals surface area contributed by atoms with Crippen molar-refractivity contribution in [3.05, 3.63) is 41.1 Å². The number of aliphatic hydroxyl groups is 1. The number of hydrogen-bond acceptors (Lipinski definition) is 3. The number of carbonyl (C=O) groups is 1. The second kappa shape index (κ2) is 6.99. The van der Waals surface area contributed by atoms with E-state index in [4.69, 9.17) is 0 Å². The molecule has 1 saturated carbocycles. The quantitative estimate of drug-likeness (QED) is 0.821. The van der Waals surface area contributed by atoms with Gasteiger partial charge in [-0.1, -0.05) is 25.1 Å². The van der Waals surface area contributed by atoms with Crippen LogP contribution in [0.2, 0.25) is 0 Å². The Bertz CT molecular complexity index is 997. The van der Waals surface area contributed by atoms with Crippen molar-refractivity contribution < 1.29 is 9.90 Å². The SMILES string of the molecule is CCC(CO)NC(=O)C1C=C2c3cccc4c3c(c(C3CC3)n4C)C[C@H]2N(C)C1. The lowest BCUT2D eigenvalue weighted by atomic mass is 9.79. The minimum absolute atomic E-state index is 0.0133. The van der Waals surface area contributed by atoms with Gasteiger partial charge in [-0.15, -0.1) is 0 Å². The lowest BCUT2D eigenvalue weighted by Gasteiger charge is -2.40. The summed E-state index contributed by atoms with van der Waals surface area (Å²) in [5.41, 5.74) is 6.98. The van der Waals surface area contributed by atoms with E-state index in [1.807, 2.05) is 6.92 Å². The van der Waals surface area contributed by atoms with E-state index in [2.05, 4.69) is 53.2 Å². The highest BCUT2D eigenvalue weighted by molar-refractivity contribution is 6.00. The molecule has 1 amide bonds. The van der Waals surface area contributed by atoms with Crippen LogP contribution in [0.15, 0.2) is 24.3 Å². The fraction of sp³-hybridized carbons (Fsp3) is 0.542. The van der Waals surface area contributed by atoms with Crippen molar-refractivity contribution in [2.75, 3.05) is 20.2 Å². The number of nitrogens with one attached hydrogen (secondary N) is 1. The van der Waals surface area contributed by atoms with E-state index >= 15 is 0 Å². The van der Waals surface area contributed by atoms with Gasteiger partial charge >= 0.3 is 0 Å². The zero-order chi connectivity index (χ0) is 20.3. The molecule has 0 radical (unpaired) electrons. The Morgan fingerprint density at radius 2 is 2.10 bits per heavy atom. The standard InChI is InChI=1S/C24H31N3O2/c1-4-16(13-28)25-24(29)15-10-18-17-6-5-7-20-22(17)19(11-21(18)26(2)12-15)23(27(20)3)14-8-9-14/h5-7,10,14-16,21,28H,4,8-9,11-13H2,1-3H3,(H,25,29)/t15?,16?,21-/m1/s1. The number of benzene rings is 1. The van der Waals surface area contributed by atoms with Crippen molar-refractivity contribution in [2.45, 2.75) is 50.6 Å². The van der Waals surface area contributed by atoms with E-state index in [1.54, 1.807) is 0 Å². The van der Waals surface area contributed by atoms with Crippen molar-refractivity contribution in [1.82, 2.24) is 14.8 Å². The van der Waals surface area contributed by atoms with Crippen LogP contribution in [0.1, 0.15) is 48.9 Å². The highest BCUT2D eigenvalue weighted by Gasteiger charge is 2.39. The van der Waals surface area contributed by atoms with Crippen LogP contribution in [0, 0.1) is 5.92 Å². The largest absolute Gasteiger partial charge is 0.394 e. The highest BCUT2D eigenvalue weighted by Crippen LogP contribution is 2.49. The van der Waals surface area contributed by atoms with Gasteiger partial charge in [-0.05, 0) is 61.4 Å². The molecule has 2 heterocycles. The summed E-state index contributed by atoms with van der Waals surface area (Å²) in [5, 5.41) is 13.9. The maximum Gasteiger partial charge on any atom is 0.228 e. The average molecular weight is 394 g/mol. The van der Waals surface area contributed by atoms with E-state index in [-0.39, 0.29) is 24.5 Å². The normalized spacial score (nSPS) is 24.9. The summed E-state index contributed by atoms with van der Waals surface area (Å²) in [5.74, 6) is 0.557. The first-order valence-electron chi connectivity index (χ1n) is 11.0. The second-order valence-corrected chi connectivity index (χ2v) is 9.08. The van der Waals surface area contributed by atoms with Gasteiger partial charge in [-0.2, -0.15) is 0 Å². The molecule has 5 heteroatoms. The first-order chi connectivity index (χ1) is 14.0. The number of nitrogens with zero attached hydrogens (tertiary/aromatic N) is 2. The van der Waals surface area contributed by atoms with Crippen molar-refractivity contribution in [2.24, 2.45) is 13.0 Å². The van der Waals surface area contributed by atoms with Crippen LogP contribution in [0.25, 0.3) is 16.5 Å². The number of hydrogen-bond donors (Lipinski definition) is 2. The summed E-state index contributed by atoms with van der Waals surface area (Å²) in [6, 6.07) is 6.79. The minimum Gasteiger partial charge on any atom is -0.394 e. The molecule has 2 N–H and O–H groups in total. The van der Waals surface area contributed by atoms with Crippen molar-refractivity contribution in [1.29, 1.82) is 0 Å². The Kier molecular flexibility index (Phi) is 4.56. The monoisotopic (exact) mass is 393 g/mol. The molecule has 154 valence electrons. The minimum atomic E-state index is -0.185. The van der Waals surface area contributed by atoms with Crippen LogP contribution in [-0.2, 0) is 18.3 Å². The van der Waals surface area contributed by atoms with Crippen molar-refractivity contribution in [3.63, 3.8) is 0 Å². The van der Waals surface area contributed by atoms with Crippen LogP contribution >= 0.6 is 0 Å². The summed E-state index contributed by atoms with van der Waals surface area (Å²) >= 11 is 0. The Balaban J connectivity index is 1.58. The fourth-order valence-corrected chi connectivity index (χ4v) is 5.45. The Hall–Kier alpha value is -2.11. The molecule has 5 rings (SSSR count). The van der Waals surface area contributed by atoms with Gasteiger partial charge < -0.3 is 15.0 Å². The summed E-state index contributed by atoms with van der Waals surface area (Å²) in [4.78, 5) is 15.2. The number of amides is 1. The summed E-state index contributed by atoms with van der Waals surface area (Å²) in [7, 11) is 4.36. The summed E-state index contributed by atoms with van der Waals surface area (Å²) < 4.78 is 2.42. The smallest absolute Gasteiger partial charge is 0.228 e. The van der Waals surface area contributed by atoms with Crippen LogP contribution in [0.5, 0.6) is 0 Å². The molecule has 2 aromatic rings. The Morgan fingerprint density at radius 1 is 1.31 bits per heavy atom. The van der Waals surface area contributed by atoms with Crippen LogP contribution in [0.3, 0.4) is 0 Å². The van der Waals surface area contributed by atoms with Gasteiger partial charge in [-0.3, -0.25) is 9.69 Å². The molecular formula is C24H31N3O2. The third kappa shape index (κ3) is 2.94. The van der Waals surface area contributed by atoms with Gasteiger partial charge in [0.2, 0.25) is 5.91 Å². The number of rotatable bonds is 5. The van der Waals surface area contributed by atoms with Gasteiger partial charge in [0.1, 0.15) is 0 Å². The van der Waals surface area contributed by atoms with Gasteiger partial charge in [0.05, 0.1) is 18.6 Å². The maximum absolute atomic E-state index is 12.9. The van der Waals surface area contributed by atoms with Crippen LogP contribution < -0.4 is 5.32 Å². The van der Waals surface area contributed by atoms with Gasteiger partial charge in [0.15, 0.2) is 0 Å². The molecular weight excluding hydrogens is 362 g/mol. The number of aliphatic hydroxyl groups excluding tert-OH is 1. The van der Waals surface area contributed by atoms with E-state index in [0.717, 1.165) is 25.3 Å². The van der Waals surface area contributed by atoms with Crippen LogP contribution in [-0.4, -0.2) is 52.8 Å². The average Bonchev–Trinajstić information content (AvgIpc) is 3.52. The Morgan fingerprint density at radius 3 is 2.79 bits per heavy atom. The van der Waals surface area contributed by atoms with E-state index < -0.39 is 0 Å². The molecule has 0 saturated heterocycles. The van der Waals surface area contributed by atoms with Gasteiger partial charge in [0, 0.05) is 36.2 Å². The second-order valence-electron chi connectivity index (χ2n) is 9.08. The third-order valence-corrected chi connectivity index (χ3v) is 7.20. The van der Waals surface area contributed by atoms with Gasteiger partial charge in [-0.25, -0.2) is 0 Å². The lowest BCUT2D eigenvalue weighted by Crippen LogP contribution is -2.48. The number of fused-ring (bicyclic) bond motifs is 2. The number of aromatic nitrogens is 1. The fourth-order valence-electron chi connectivity index (χ4n) is 5.45. The molecule has 0 bridgehead atoms. The van der Waals surface area contributed by atoms with E-state index in [9.17, 15) is 9.90 Å². The van der Waals surface area contributed by atoms with Crippen molar-refractivity contribution >= 4 is 22.4 Å². The van der Waals surface area contributed by atoms with Gasteiger partial charge in [0.25, 0.3) is 0 Å². The molecule has 1 aliphatic heterocycles. The molecule has 1 aromatic carbocycles. The molecule has 2 unspecified atom stereocenters. The molecule has 29 heavy (non-hydrogen) atoms. The molecule has 1 aromatic heterocycles. The maximum atomic E-state index is 12.9. The first kappa shape index (κ1) is 18.9. The number of carbonyl (C=O) groups excluding carboxylic acids is 1. The molecule has 3 aliphatic rings. The van der Waals surface area contributed by atoms with Crippen molar-refractivity contribution in [3.8, 4) is 0 Å². The number of likely N-dealkylation sites (N-methyl/N-ethyl adjacent to an activating group) is 1.